The van der Waals surface area contributed by atoms with E-state index in [9.17, 15) is 9.59 Å². The molecule has 1 unspecified atom stereocenters. The number of carbonyl (C=O) groups excluding carboxylic acids is 2. The maximum absolute atomic E-state index is 12.0. The van der Waals surface area contributed by atoms with E-state index >= 15 is 0 Å². The fraction of sp³-hybridized carbons (Fsp3) is 0.818. The molecule has 0 saturated carbocycles. The number of rotatable bonds is 3. The molecule has 18 heavy (non-hydrogen) atoms. The van der Waals surface area contributed by atoms with Crippen LogP contribution in [0.2, 0.25) is 0 Å². The van der Waals surface area contributed by atoms with Gasteiger partial charge in [-0.05, 0) is 18.4 Å². The highest BCUT2D eigenvalue weighted by Gasteiger charge is 2.35. The average molecular weight is 294 g/mol. The van der Waals surface area contributed by atoms with E-state index in [0.29, 0.717) is 18.2 Å². The molecule has 0 aromatic rings. The Morgan fingerprint density at radius 3 is 2.78 bits per heavy atom. The van der Waals surface area contributed by atoms with Crippen molar-refractivity contribution in [3.8, 4) is 0 Å². The Balaban J connectivity index is 0.00000162. The summed E-state index contributed by atoms with van der Waals surface area (Å²) in [6.07, 6.45) is 0.956. The van der Waals surface area contributed by atoms with E-state index in [1.54, 1.807) is 16.7 Å². The predicted molar refractivity (Wildman–Crippen MR) is 74.6 cm³/mol. The minimum absolute atomic E-state index is 0. The third-order valence-electron chi connectivity index (χ3n) is 3.55. The van der Waals surface area contributed by atoms with E-state index in [4.69, 9.17) is 5.73 Å². The number of likely N-dealkylation sites (tertiary alicyclic amines) is 1. The molecule has 0 spiro atoms. The highest BCUT2D eigenvalue weighted by molar-refractivity contribution is 8.00. The molecular formula is C11H20ClN3O2S. The molecule has 0 bridgehead atoms. The lowest BCUT2D eigenvalue weighted by Gasteiger charge is -2.24. The van der Waals surface area contributed by atoms with Crippen molar-refractivity contribution in [3.63, 3.8) is 0 Å². The van der Waals surface area contributed by atoms with Crippen molar-refractivity contribution in [2.45, 2.75) is 13.3 Å². The summed E-state index contributed by atoms with van der Waals surface area (Å²) in [4.78, 5) is 26.9. The van der Waals surface area contributed by atoms with Crippen LogP contribution < -0.4 is 5.73 Å². The lowest BCUT2D eigenvalue weighted by atomic mass is 9.90. The van der Waals surface area contributed by atoms with Crippen molar-refractivity contribution in [2.75, 3.05) is 37.8 Å². The molecule has 5 nitrogen and oxygen atoms in total. The van der Waals surface area contributed by atoms with Crippen LogP contribution in [0.4, 0.5) is 0 Å². The summed E-state index contributed by atoms with van der Waals surface area (Å²) in [5, 5.41) is 0. The van der Waals surface area contributed by atoms with E-state index in [2.05, 4.69) is 6.92 Å². The molecule has 2 aliphatic rings. The van der Waals surface area contributed by atoms with E-state index < -0.39 is 0 Å². The molecule has 7 heteroatoms. The Morgan fingerprint density at radius 2 is 2.28 bits per heavy atom. The molecule has 2 aliphatic heterocycles. The third-order valence-corrected chi connectivity index (χ3v) is 4.50. The molecule has 2 N–H and O–H groups in total. The normalized spacial score (nSPS) is 27.6. The van der Waals surface area contributed by atoms with Gasteiger partial charge in [0, 0.05) is 13.1 Å². The van der Waals surface area contributed by atoms with Gasteiger partial charge >= 0.3 is 0 Å². The number of nitrogens with two attached hydrogens (primary N) is 1. The van der Waals surface area contributed by atoms with Gasteiger partial charge in [-0.25, -0.2) is 0 Å². The van der Waals surface area contributed by atoms with Gasteiger partial charge in [0.2, 0.25) is 11.8 Å². The lowest BCUT2D eigenvalue weighted by Crippen LogP contribution is -2.41. The maximum Gasteiger partial charge on any atom is 0.242 e. The fourth-order valence-corrected chi connectivity index (χ4v) is 3.11. The van der Waals surface area contributed by atoms with Crippen molar-refractivity contribution in [1.29, 1.82) is 0 Å². The van der Waals surface area contributed by atoms with Crippen molar-refractivity contribution in [3.05, 3.63) is 0 Å². The summed E-state index contributed by atoms with van der Waals surface area (Å²) in [5.41, 5.74) is 5.77. The van der Waals surface area contributed by atoms with Gasteiger partial charge in [-0.1, -0.05) is 6.92 Å². The monoisotopic (exact) mass is 293 g/mol. The molecule has 0 aromatic carbocycles. The predicted octanol–water partition coefficient (Wildman–Crippen LogP) is 0.138. The summed E-state index contributed by atoms with van der Waals surface area (Å²) in [5.74, 6) is 1.28. The Bertz CT molecular complexity index is 342. The van der Waals surface area contributed by atoms with E-state index in [0.717, 1.165) is 19.5 Å². The number of hydrogen-bond acceptors (Lipinski definition) is 4. The molecule has 2 heterocycles. The van der Waals surface area contributed by atoms with E-state index in [1.807, 2.05) is 4.90 Å². The molecular weight excluding hydrogens is 274 g/mol. The van der Waals surface area contributed by atoms with Gasteiger partial charge in [0.1, 0.15) is 6.54 Å². The van der Waals surface area contributed by atoms with Crippen LogP contribution >= 0.6 is 24.2 Å². The minimum Gasteiger partial charge on any atom is -0.341 e. The zero-order valence-electron chi connectivity index (χ0n) is 10.6. The maximum atomic E-state index is 12.0. The fourth-order valence-electron chi connectivity index (χ4n) is 2.21. The molecule has 1 atom stereocenters. The molecule has 2 amide bonds. The van der Waals surface area contributed by atoms with Gasteiger partial charge in [-0.15, -0.1) is 24.2 Å². The van der Waals surface area contributed by atoms with E-state index in [-0.39, 0.29) is 36.2 Å². The summed E-state index contributed by atoms with van der Waals surface area (Å²) in [6, 6.07) is 0. The first-order valence-corrected chi connectivity index (χ1v) is 7.03. The van der Waals surface area contributed by atoms with Gasteiger partial charge in [-0.2, -0.15) is 0 Å². The first kappa shape index (κ1) is 15.6. The van der Waals surface area contributed by atoms with Crippen LogP contribution in [0, 0.1) is 5.41 Å². The second-order valence-corrected chi connectivity index (χ2v) is 6.10. The molecule has 0 aromatic heterocycles. The number of halogens is 1. The lowest BCUT2D eigenvalue weighted by molar-refractivity contribution is -0.137. The van der Waals surface area contributed by atoms with Crippen LogP contribution in [0.25, 0.3) is 0 Å². The second kappa shape index (κ2) is 6.12. The Morgan fingerprint density at radius 1 is 1.56 bits per heavy atom. The quantitative estimate of drug-likeness (QED) is 0.804. The molecule has 2 rings (SSSR count). The standard InChI is InChI=1S/C11H19N3O2S.ClH/c1-11(6-12)2-3-13(7-11)9(15)4-14-8-17-5-10(14)16;/h2-8,12H2,1H3;1H. The van der Waals surface area contributed by atoms with Crippen LogP contribution in [-0.4, -0.2) is 59.4 Å². The van der Waals surface area contributed by atoms with Crippen molar-refractivity contribution in [1.82, 2.24) is 9.80 Å². The van der Waals surface area contributed by atoms with Gasteiger partial charge in [0.05, 0.1) is 11.6 Å². The van der Waals surface area contributed by atoms with Crippen LogP contribution in [-0.2, 0) is 9.59 Å². The molecule has 2 saturated heterocycles. The number of thioether (sulfide) groups is 1. The zero-order valence-corrected chi connectivity index (χ0v) is 12.2. The van der Waals surface area contributed by atoms with Crippen molar-refractivity contribution >= 4 is 36.0 Å². The number of carbonyl (C=O) groups is 2. The summed E-state index contributed by atoms with van der Waals surface area (Å²) in [7, 11) is 0. The molecule has 104 valence electrons. The summed E-state index contributed by atoms with van der Waals surface area (Å²) < 4.78 is 0. The van der Waals surface area contributed by atoms with E-state index in [1.165, 1.54) is 0 Å². The minimum atomic E-state index is 0. The van der Waals surface area contributed by atoms with Crippen LogP contribution in [0.3, 0.4) is 0 Å². The zero-order chi connectivity index (χ0) is 12.5. The van der Waals surface area contributed by atoms with Gasteiger partial charge in [-0.3, -0.25) is 9.59 Å². The summed E-state index contributed by atoms with van der Waals surface area (Å²) in [6.45, 7) is 4.43. The third kappa shape index (κ3) is 3.30. The Kier molecular flexibility index (Phi) is 5.31. The summed E-state index contributed by atoms with van der Waals surface area (Å²) >= 11 is 1.56. The van der Waals surface area contributed by atoms with Gasteiger partial charge in [0.15, 0.2) is 0 Å². The molecule has 2 fully saturated rings. The Hall–Kier alpha value is -0.460. The number of amides is 2. The first-order valence-electron chi connectivity index (χ1n) is 5.87. The Labute approximate surface area is 118 Å². The first-order chi connectivity index (χ1) is 8.04. The highest BCUT2D eigenvalue weighted by atomic mass is 35.5. The van der Waals surface area contributed by atoms with Gasteiger partial charge in [0.25, 0.3) is 0 Å². The van der Waals surface area contributed by atoms with Gasteiger partial charge < -0.3 is 15.5 Å². The molecule has 0 radical (unpaired) electrons. The van der Waals surface area contributed by atoms with Crippen molar-refractivity contribution in [2.24, 2.45) is 11.1 Å². The topological polar surface area (TPSA) is 66.6 Å². The highest BCUT2D eigenvalue weighted by Crippen LogP contribution is 2.28. The number of nitrogens with zero attached hydrogens (tertiary/aromatic N) is 2. The van der Waals surface area contributed by atoms with Crippen LogP contribution in [0.5, 0.6) is 0 Å². The van der Waals surface area contributed by atoms with Crippen molar-refractivity contribution < 1.29 is 9.59 Å². The average Bonchev–Trinajstić information content (AvgIpc) is 2.87. The molecule has 0 aliphatic carbocycles. The smallest absolute Gasteiger partial charge is 0.242 e. The SMILES string of the molecule is CC1(CN)CCN(C(=O)CN2CSCC2=O)C1.Cl. The largest absolute Gasteiger partial charge is 0.341 e. The number of hydrogen-bond donors (Lipinski definition) is 1. The van der Waals surface area contributed by atoms with Crippen LogP contribution in [0.1, 0.15) is 13.3 Å². The second-order valence-electron chi connectivity index (χ2n) is 5.15. The van der Waals surface area contributed by atoms with Crippen LogP contribution in [0.15, 0.2) is 0 Å².